The number of rotatable bonds is 6. The first-order valence-corrected chi connectivity index (χ1v) is 7.87. The number of carbonyl (C=O) groups is 1. The molecule has 5 heteroatoms. The number of hydrogen-bond donors (Lipinski definition) is 2. The second kappa shape index (κ2) is 7.38. The van der Waals surface area contributed by atoms with Crippen molar-refractivity contribution in [3.05, 3.63) is 0 Å². The molecule has 0 spiro atoms. The third kappa shape index (κ3) is 4.17. The van der Waals surface area contributed by atoms with Crippen molar-refractivity contribution in [2.45, 2.75) is 45.3 Å². The fourth-order valence-electron chi connectivity index (χ4n) is 3.37. The van der Waals surface area contributed by atoms with E-state index in [1.54, 1.807) is 0 Å². The minimum absolute atomic E-state index is 0.151. The summed E-state index contributed by atoms with van der Waals surface area (Å²) < 4.78 is 5.78. The van der Waals surface area contributed by atoms with Gasteiger partial charge in [-0.1, -0.05) is 6.42 Å². The Kier molecular flexibility index (Phi) is 5.81. The minimum atomic E-state index is -0.630. The lowest BCUT2D eigenvalue weighted by atomic mass is 9.96. The lowest BCUT2D eigenvalue weighted by molar-refractivity contribution is -0.142. The molecule has 0 aromatic carbocycles. The lowest BCUT2D eigenvalue weighted by Crippen LogP contribution is -2.49. The Balaban J connectivity index is 1.69. The molecule has 5 nitrogen and oxygen atoms in total. The van der Waals surface area contributed by atoms with Gasteiger partial charge in [0.25, 0.3) is 0 Å². The average Bonchev–Trinajstić information content (AvgIpc) is 2.87. The molecule has 116 valence electrons. The number of nitrogens with zero attached hydrogens (tertiary/aromatic N) is 1. The molecule has 1 aliphatic carbocycles. The first-order valence-electron chi connectivity index (χ1n) is 7.87. The summed E-state index contributed by atoms with van der Waals surface area (Å²) in [4.78, 5) is 13.6. The molecule has 0 bridgehead atoms. The highest BCUT2D eigenvalue weighted by Gasteiger charge is 2.32. The predicted molar refractivity (Wildman–Crippen MR) is 77.8 cm³/mol. The van der Waals surface area contributed by atoms with Gasteiger partial charge in [-0.15, -0.1) is 0 Å². The van der Waals surface area contributed by atoms with Crippen LogP contribution in [-0.4, -0.2) is 60.9 Å². The monoisotopic (exact) mass is 284 g/mol. The third-order valence-electron chi connectivity index (χ3n) is 4.66. The number of aliphatic carboxylic acids is 1. The summed E-state index contributed by atoms with van der Waals surface area (Å²) in [6, 6.07) is 0.563. The first kappa shape index (κ1) is 15.7. The van der Waals surface area contributed by atoms with Gasteiger partial charge in [-0.25, -0.2) is 0 Å². The molecule has 3 atom stereocenters. The molecule has 1 saturated carbocycles. The second-order valence-electron chi connectivity index (χ2n) is 6.38. The molecule has 3 unspecified atom stereocenters. The summed E-state index contributed by atoms with van der Waals surface area (Å²) in [5, 5.41) is 12.6. The van der Waals surface area contributed by atoms with Crippen LogP contribution in [0.5, 0.6) is 0 Å². The van der Waals surface area contributed by atoms with Gasteiger partial charge in [0, 0.05) is 25.7 Å². The van der Waals surface area contributed by atoms with Crippen LogP contribution in [0.2, 0.25) is 0 Å². The van der Waals surface area contributed by atoms with Crippen LogP contribution in [0.25, 0.3) is 0 Å². The Morgan fingerprint density at radius 3 is 2.90 bits per heavy atom. The summed E-state index contributed by atoms with van der Waals surface area (Å²) in [7, 11) is 0. The molecule has 0 amide bonds. The summed E-state index contributed by atoms with van der Waals surface area (Å²) in [5.41, 5.74) is 0. The van der Waals surface area contributed by atoms with Crippen molar-refractivity contribution >= 4 is 5.97 Å². The fourth-order valence-corrected chi connectivity index (χ4v) is 3.37. The Morgan fingerprint density at radius 2 is 2.20 bits per heavy atom. The molecule has 1 aliphatic heterocycles. The predicted octanol–water partition coefficient (Wildman–Crippen LogP) is 1.19. The molecule has 0 aromatic rings. The molecule has 2 N–H and O–H groups in total. The molecule has 2 fully saturated rings. The maximum absolute atomic E-state index is 11.1. The minimum Gasteiger partial charge on any atom is -0.481 e. The maximum Gasteiger partial charge on any atom is 0.306 e. The van der Waals surface area contributed by atoms with Crippen LogP contribution >= 0.6 is 0 Å². The van der Waals surface area contributed by atoms with E-state index < -0.39 is 5.97 Å². The summed E-state index contributed by atoms with van der Waals surface area (Å²) >= 11 is 0. The van der Waals surface area contributed by atoms with Crippen molar-refractivity contribution in [1.29, 1.82) is 0 Å². The Bertz CT molecular complexity index is 322. The van der Waals surface area contributed by atoms with Gasteiger partial charge >= 0.3 is 5.97 Å². The number of nitrogens with one attached hydrogen (secondary N) is 1. The molecule has 1 heterocycles. The van der Waals surface area contributed by atoms with Gasteiger partial charge in [-0.3, -0.25) is 9.69 Å². The molecule has 0 radical (unpaired) electrons. The van der Waals surface area contributed by atoms with E-state index in [-0.39, 0.29) is 17.9 Å². The van der Waals surface area contributed by atoms with Gasteiger partial charge in [0.1, 0.15) is 0 Å². The average molecular weight is 284 g/mol. The molecular formula is C15H28N2O3. The van der Waals surface area contributed by atoms with E-state index in [0.29, 0.717) is 6.04 Å². The van der Waals surface area contributed by atoms with E-state index in [2.05, 4.69) is 24.1 Å². The smallest absolute Gasteiger partial charge is 0.306 e. The van der Waals surface area contributed by atoms with Gasteiger partial charge in [-0.05, 0) is 39.2 Å². The van der Waals surface area contributed by atoms with Crippen molar-refractivity contribution in [3.8, 4) is 0 Å². The van der Waals surface area contributed by atoms with Crippen LogP contribution in [-0.2, 0) is 9.53 Å². The highest BCUT2D eigenvalue weighted by atomic mass is 16.5. The summed E-state index contributed by atoms with van der Waals surface area (Å²) in [5.74, 6) is -0.492. The zero-order chi connectivity index (χ0) is 14.5. The highest BCUT2D eigenvalue weighted by molar-refractivity contribution is 5.70. The van der Waals surface area contributed by atoms with Crippen molar-refractivity contribution < 1.29 is 14.6 Å². The third-order valence-corrected chi connectivity index (χ3v) is 4.66. The maximum atomic E-state index is 11.1. The van der Waals surface area contributed by atoms with Crippen LogP contribution < -0.4 is 5.32 Å². The van der Waals surface area contributed by atoms with Crippen LogP contribution in [0.1, 0.15) is 33.1 Å². The highest BCUT2D eigenvalue weighted by Crippen LogP contribution is 2.31. The van der Waals surface area contributed by atoms with Crippen LogP contribution in [0.15, 0.2) is 0 Å². The number of carboxylic acids is 1. The fraction of sp³-hybridized carbons (Fsp3) is 0.933. The quantitative estimate of drug-likeness (QED) is 0.767. The molecule has 1 saturated heterocycles. The topological polar surface area (TPSA) is 61.8 Å². The zero-order valence-electron chi connectivity index (χ0n) is 12.7. The lowest BCUT2D eigenvalue weighted by Gasteiger charge is -2.35. The van der Waals surface area contributed by atoms with E-state index >= 15 is 0 Å². The number of ether oxygens (including phenoxy) is 1. The van der Waals surface area contributed by atoms with Gasteiger partial charge in [-0.2, -0.15) is 0 Å². The van der Waals surface area contributed by atoms with Crippen LogP contribution in [0.3, 0.4) is 0 Å². The molecule has 20 heavy (non-hydrogen) atoms. The molecule has 2 rings (SSSR count). The van der Waals surface area contributed by atoms with E-state index in [1.807, 2.05) is 0 Å². The van der Waals surface area contributed by atoms with Gasteiger partial charge < -0.3 is 15.2 Å². The van der Waals surface area contributed by atoms with E-state index in [1.165, 1.54) is 0 Å². The van der Waals surface area contributed by atoms with E-state index in [4.69, 9.17) is 9.84 Å². The SMILES string of the molecule is CC(C)N1CCOC(CNCC2CCCC2C(=O)O)C1. The van der Waals surface area contributed by atoms with Gasteiger partial charge in [0.05, 0.1) is 18.6 Å². The van der Waals surface area contributed by atoms with Gasteiger partial charge in [0.15, 0.2) is 0 Å². The standard InChI is InChI=1S/C15H28N2O3/c1-11(2)17-6-7-20-13(10-17)9-16-8-12-4-3-5-14(12)15(18)19/h11-14,16H,3-10H2,1-2H3,(H,18,19). The Labute approximate surface area is 121 Å². The van der Waals surface area contributed by atoms with Crippen LogP contribution in [0, 0.1) is 11.8 Å². The van der Waals surface area contributed by atoms with Crippen molar-refractivity contribution in [1.82, 2.24) is 10.2 Å². The number of hydrogen-bond acceptors (Lipinski definition) is 4. The number of morpholine rings is 1. The zero-order valence-corrected chi connectivity index (χ0v) is 12.7. The summed E-state index contributed by atoms with van der Waals surface area (Å²) in [6.07, 6.45) is 3.15. The Morgan fingerprint density at radius 1 is 1.40 bits per heavy atom. The normalized spacial score (nSPS) is 31.9. The van der Waals surface area contributed by atoms with Crippen molar-refractivity contribution in [3.63, 3.8) is 0 Å². The van der Waals surface area contributed by atoms with Crippen LogP contribution in [0.4, 0.5) is 0 Å². The van der Waals surface area contributed by atoms with E-state index in [0.717, 1.165) is 52.0 Å². The Hall–Kier alpha value is -0.650. The number of carboxylic acid groups (broad SMARTS) is 1. The largest absolute Gasteiger partial charge is 0.481 e. The van der Waals surface area contributed by atoms with E-state index in [9.17, 15) is 4.79 Å². The first-order chi connectivity index (χ1) is 9.58. The molecular weight excluding hydrogens is 256 g/mol. The summed E-state index contributed by atoms with van der Waals surface area (Å²) in [6.45, 7) is 8.84. The molecule has 0 aromatic heterocycles. The molecule has 2 aliphatic rings. The van der Waals surface area contributed by atoms with Crippen molar-refractivity contribution in [2.24, 2.45) is 11.8 Å². The van der Waals surface area contributed by atoms with Crippen molar-refractivity contribution in [2.75, 3.05) is 32.8 Å². The van der Waals surface area contributed by atoms with Gasteiger partial charge in [0.2, 0.25) is 0 Å². The second-order valence-corrected chi connectivity index (χ2v) is 6.38.